The van der Waals surface area contributed by atoms with Crippen molar-refractivity contribution in [3.05, 3.63) is 11.6 Å². The molecule has 0 bridgehead atoms. The molecule has 1 fully saturated rings. The zero-order valence-corrected chi connectivity index (χ0v) is 7.37. The zero-order valence-electron chi connectivity index (χ0n) is 7.37. The molecule has 13 heavy (non-hydrogen) atoms. The third kappa shape index (κ3) is 1.20. The Morgan fingerprint density at radius 1 is 1.62 bits per heavy atom. The normalized spacial score (nSPS) is 19.5. The van der Waals surface area contributed by atoms with Crippen LogP contribution in [0.2, 0.25) is 0 Å². The molecule has 0 aromatic carbocycles. The van der Waals surface area contributed by atoms with Gasteiger partial charge in [-0.25, -0.2) is 9.78 Å². The van der Waals surface area contributed by atoms with Crippen LogP contribution < -0.4 is 0 Å². The maximum atomic E-state index is 10.5. The summed E-state index contributed by atoms with van der Waals surface area (Å²) in [5.74, 6) is -0.510. The Labute approximate surface area is 75.2 Å². The van der Waals surface area contributed by atoms with Gasteiger partial charge in [0.2, 0.25) is 0 Å². The van der Waals surface area contributed by atoms with E-state index in [1.807, 2.05) is 0 Å². The molecule has 70 valence electrons. The van der Waals surface area contributed by atoms with E-state index in [4.69, 9.17) is 5.11 Å². The lowest BCUT2D eigenvalue weighted by Crippen LogP contribution is -2.31. The highest BCUT2D eigenvalue weighted by molar-refractivity contribution is 5.82. The standard InChI is InChI=1S/C8H11N3O2/c1-8(3-2-4-8)7-9-5(6(12)13)10-11-7/h2-4H2,1H3,(H,12,13)(H,9,10,11). The van der Waals surface area contributed by atoms with Crippen molar-refractivity contribution in [1.82, 2.24) is 15.2 Å². The first-order valence-corrected chi connectivity index (χ1v) is 4.28. The Hall–Kier alpha value is -1.39. The topological polar surface area (TPSA) is 78.9 Å². The van der Waals surface area contributed by atoms with Gasteiger partial charge >= 0.3 is 5.97 Å². The van der Waals surface area contributed by atoms with E-state index in [9.17, 15) is 4.79 Å². The SMILES string of the molecule is CC1(c2nc(C(=O)O)n[nH]2)CCC1. The molecule has 1 heterocycles. The Balaban J connectivity index is 2.27. The fourth-order valence-electron chi connectivity index (χ4n) is 1.57. The first-order valence-electron chi connectivity index (χ1n) is 4.28. The molecule has 5 heteroatoms. The Kier molecular flexibility index (Phi) is 1.61. The second kappa shape index (κ2) is 2.55. The van der Waals surface area contributed by atoms with Crippen LogP contribution in [0.1, 0.15) is 42.6 Å². The lowest BCUT2D eigenvalue weighted by molar-refractivity contribution is 0.0684. The average Bonchev–Trinajstić information content (AvgIpc) is 2.48. The van der Waals surface area contributed by atoms with Gasteiger partial charge in [0.15, 0.2) is 0 Å². The molecular weight excluding hydrogens is 170 g/mol. The molecule has 0 atom stereocenters. The summed E-state index contributed by atoms with van der Waals surface area (Å²) in [7, 11) is 0. The quantitative estimate of drug-likeness (QED) is 0.711. The van der Waals surface area contributed by atoms with Gasteiger partial charge in [0.1, 0.15) is 5.82 Å². The maximum Gasteiger partial charge on any atom is 0.375 e. The van der Waals surface area contributed by atoms with E-state index >= 15 is 0 Å². The molecular formula is C8H11N3O2. The summed E-state index contributed by atoms with van der Waals surface area (Å²) in [5.41, 5.74) is 0.0285. The molecule has 1 saturated carbocycles. The van der Waals surface area contributed by atoms with E-state index in [-0.39, 0.29) is 11.2 Å². The van der Waals surface area contributed by atoms with Crippen molar-refractivity contribution in [2.75, 3.05) is 0 Å². The molecule has 2 N–H and O–H groups in total. The Bertz CT molecular complexity index is 341. The van der Waals surface area contributed by atoms with Crippen LogP contribution in [0.5, 0.6) is 0 Å². The van der Waals surface area contributed by atoms with Crippen LogP contribution in [0.25, 0.3) is 0 Å². The molecule has 1 aliphatic rings. The van der Waals surface area contributed by atoms with E-state index in [1.165, 1.54) is 6.42 Å². The van der Waals surface area contributed by atoms with Crippen LogP contribution in [0.4, 0.5) is 0 Å². The third-order valence-corrected chi connectivity index (χ3v) is 2.71. The van der Waals surface area contributed by atoms with E-state index in [2.05, 4.69) is 22.1 Å². The number of nitrogens with one attached hydrogen (secondary N) is 1. The predicted molar refractivity (Wildman–Crippen MR) is 44.5 cm³/mol. The molecule has 0 amide bonds. The van der Waals surface area contributed by atoms with Crippen molar-refractivity contribution in [2.24, 2.45) is 0 Å². The highest BCUT2D eigenvalue weighted by Crippen LogP contribution is 2.41. The number of rotatable bonds is 2. The summed E-state index contributed by atoms with van der Waals surface area (Å²) in [4.78, 5) is 14.4. The average molecular weight is 181 g/mol. The smallest absolute Gasteiger partial charge is 0.375 e. The van der Waals surface area contributed by atoms with E-state index in [1.54, 1.807) is 0 Å². The van der Waals surface area contributed by atoms with Crippen molar-refractivity contribution in [3.63, 3.8) is 0 Å². The number of hydrogen-bond donors (Lipinski definition) is 2. The van der Waals surface area contributed by atoms with Gasteiger partial charge in [-0.15, -0.1) is 5.10 Å². The van der Waals surface area contributed by atoms with E-state index < -0.39 is 5.97 Å². The number of aromatic carboxylic acids is 1. The molecule has 0 aliphatic heterocycles. The van der Waals surface area contributed by atoms with E-state index in [0.29, 0.717) is 5.82 Å². The molecule has 2 rings (SSSR count). The van der Waals surface area contributed by atoms with Gasteiger partial charge in [0.25, 0.3) is 5.82 Å². The fourth-order valence-corrected chi connectivity index (χ4v) is 1.57. The molecule has 0 unspecified atom stereocenters. The van der Waals surface area contributed by atoms with Crippen LogP contribution in [0, 0.1) is 0 Å². The van der Waals surface area contributed by atoms with Crippen molar-refractivity contribution in [1.29, 1.82) is 0 Å². The minimum absolute atomic E-state index is 0.0285. The zero-order chi connectivity index (χ0) is 9.47. The summed E-state index contributed by atoms with van der Waals surface area (Å²) >= 11 is 0. The van der Waals surface area contributed by atoms with Gasteiger partial charge < -0.3 is 5.11 Å². The number of hydrogen-bond acceptors (Lipinski definition) is 3. The molecule has 0 spiro atoms. The number of aromatic amines is 1. The van der Waals surface area contributed by atoms with Gasteiger partial charge in [-0.1, -0.05) is 13.3 Å². The first kappa shape index (κ1) is 8.22. The number of carboxylic acid groups (broad SMARTS) is 1. The first-order chi connectivity index (χ1) is 6.12. The van der Waals surface area contributed by atoms with Gasteiger partial charge in [-0.05, 0) is 12.8 Å². The van der Waals surface area contributed by atoms with Gasteiger partial charge in [0.05, 0.1) is 0 Å². The summed E-state index contributed by atoms with van der Waals surface area (Å²) in [6, 6.07) is 0. The van der Waals surface area contributed by atoms with Crippen molar-refractivity contribution < 1.29 is 9.90 Å². The van der Waals surface area contributed by atoms with Crippen LogP contribution in [-0.2, 0) is 5.41 Å². The fraction of sp³-hybridized carbons (Fsp3) is 0.625. The van der Waals surface area contributed by atoms with Crippen molar-refractivity contribution in [3.8, 4) is 0 Å². The summed E-state index contributed by atoms with van der Waals surface area (Å²) < 4.78 is 0. The highest BCUT2D eigenvalue weighted by atomic mass is 16.4. The molecule has 1 aromatic rings. The maximum absolute atomic E-state index is 10.5. The van der Waals surface area contributed by atoms with Crippen LogP contribution >= 0.6 is 0 Å². The molecule has 1 aromatic heterocycles. The van der Waals surface area contributed by atoms with E-state index in [0.717, 1.165) is 12.8 Å². The largest absolute Gasteiger partial charge is 0.475 e. The van der Waals surface area contributed by atoms with Crippen molar-refractivity contribution >= 4 is 5.97 Å². The molecule has 0 saturated heterocycles. The monoisotopic (exact) mass is 181 g/mol. The second-order valence-corrected chi connectivity index (χ2v) is 3.73. The number of aromatic nitrogens is 3. The molecule has 0 radical (unpaired) electrons. The third-order valence-electron chi connectivity index (χ3n) is 2.71. The highest BCUT2D eigenvalue weighted by Gasteiger charge is 2.37. The summed E-state index contributed by atoms with van der Waals surface area (Å²) in [6.07, 6.45) is 3.29. The second-order valence-electron chi connectivity index (χ2n) is 3.73. The van der Waals surface area contributed by atoms with Crippen molar-refractivity contribution in [2.45, 2.75) is 31.6 Å². The number of H-pyrrole nitrogens is 1. The van der Waals surface area contributed by atoms with Crippen LogP contribution in [-0.4, -0.2) is 26.3 Å². The van der Waals surface area contributed by atoms with Crippen LogP contribution in [0.15, 0.2) is 0 Å². The Morgan fingerprint density at radius 3 is 2.69 bits per heavy atom. The van der Waals surface area contributed by atoms with Crippen LogP contribution in [0.3, 0.4) is 0 Å². The molecule has 1 aliphatic carbocycles. The van der Waals surface area contributed by atoms with Gasteiger partial charge in [-0.3, -0.25) is 5.10 Å². The number of carbonyl (C=O) groups is 1. The lowest BCUT2D eigenvalue weighted by atomic mass is 9.70. The Morgan fingerprint density at radius 2 is 2.31 bits per heavy atom. The summed E-state index contributed by atoms with van der Waals surface area (Å²) in [6.45, 7) is 2.07. The minimum Gasteiger partial charge on any atom is -0.475 e. The van der Waals surface area contributed by atoms with Gasteiger partial charge in [0, 0.05) is 5.41 Å². The minimum atomic E-state index is -1.08. The number of carboxylic acids is 1. The molecule has 5 nitrogen and oxygen atoms in total. The number of nitrogens with zero attached hydrogens (tertiary/aromatic N) is 2. The summed E-state index contributed by atoms with van der Waals surface area (Å²) in [5, 5.41) is 14.9. The van der Waals surface area contributed by atoms with Gasteiger partial charge in [-0.2, -0.15) is 0 Å². The predicted octanol–water partition coefficient (Wildman–Crippen LogP) is 0.945. The lowest BCUT2D eigenvalue weighted by Gasteiger charge is -2.35.